The van der Waals surface area contributed by atoms with Gasteiger partial charge in [-0.15, -0.1) is 6.42 Å². The summed E-state index contributed by atoms with van der Waals surface area (Å²) in [5.41, 5.74) is 0.954. The summed E-state index contributed by atoms with van der Waals surface area (Å²) in [4.78, 5) is 15.9. The van der Waals surface area contributed by atoms with Gasteiger partial charge in [-0.3, -0.25) is 4.79 Å². The average Bonchev–Trinajstić information content (AvgIpc) is 2.36. The van der Waals surface area contributed by atoms with Gasteiger partial charge in [0, 0.05) is 5.39 Å². The summed E-state index contributed by atoms with van der Waals surface area (Å²) < 4.78 is 0. The van der Waals surface area contributed by atoms with Gasteiger partial charge in [0.25, 0.3) is 5.91 Å². The highest BCUT2D eigenvalue weighted by Gasteiger charge is 2.09. The van der Waals surface area contributed by atoms with Gasteiger partial charge in [-0.25, -0.2) is 4.98 Å². The van der Waals surface area contributed by atoms with Crippen molar-refractivity contribution in [3.05, 3.63) is 41.0 Å². The minimum absolute atomic E-state index is 0.172. The first-order valence-electron chi connectivity index (χ1n) is 4.99. The normalized spacial score (nSPS) is 9.88. The number of hydrogen-bond acceptors (Lipinski definition) is 2. The van der Waals surface area contributed by atoms with Crippen LogP contribution in [0.5, 0.6) is 0 Å². The lowest BCUT2D eigenvalue weighted by molar-refractivity contribution is 0.0954. The Balaban J connectivity index is 2.43. The Morgan fingerprint density at radius 3 is 3.00 bits per heavy atom. The van der Waals surface area contributed by atoms with Gasteiger partial charge < -0.3 is 5.32 Å². The van der Waals surface area contributed by atoms with Crippen LogP contribution < -0.4 is 5.32 Å². The topological polar surface area (TPSA) is 42.0 Å². The molecule has 0 unspecified atom stereocenters. The molecule has 1 heterocycles. The fourth-order valence-corrected chi connectivity index (χ4v) is 1.73. The summed E-state index contributed by atoms with van der Waals surface area (Å²) >= 11 is 6.08. The number of benzene rings is 1. The minimum Gasteiger partial charge on any atom is -0.340 e. The van der Waals surface area contributed by atoms with Crippen molar-refractivity contribution in [1.82, 2.24) is 10.3 Å². The Hall–Kier alpha value is -2.05. The highest BCUT2D eigenvalue weighted by atomic mass is 35.5. The van der Waals surface area contributed by atoms with Crippen molar-refractivity contribution in [1.29, 1.82) is 0 Å². The summed E-state index contributed by atoms with van der Waals surface area (Å²) in [5, 5.41) is 3.87. The molecule has 0 aliphatic carbocycles. The zero-order valence-corrected chi connectivity index (χ0v) is 9.66. The van der Waals surface area contributed by atoms with Gasteiger partial charge in [0.1, 0.15) is 5.69 Å². The van der Waals surface area contributed by atoms with E-state index in [1.54, 1.807) is 6.07 Å². The van der Waals surface area contributed by atoms with E-state index in [4.69, 9.17) is 18.0 Å². The van der Waals surface area contributed by atoms with Crippen LogP contribution in [-0.2, 0) is 0 Å². The lowest BCUT2D eigenvalue weighted by Gasteiger charge is -2.04. The summed E-state index contributed by atoms with van der Waals surface area (Å²) in [5.74, 6) is 2.00. The molecule has 1 aromatic heterocycles. The largest absolute Gasteiger partial charge is 0.340 e. The van der Waals surface area contributed by atoms with Crippen LogP contribution in [0.25, 0.3) is 10.9 Å². The summed E-state index contributed by atoms with van der Waals surface area (Å²) in [6, 6.07) is 8.91. The lowest BCUT2D eigenvalue weighted by atomic mass is 10.2. The third kappa shape index (κ3) is 2.38. The van der Waals surface area contributed by atoms with E-state index in [0.717, 1.165) is 5.39 Å². The van der Waals surface area contributed by atoms with Gasteiger partial charge in [0.15, 0.2) is 0 Å². The molecule has 0 saturated heterocycles. The number of fused-ring (bicyclic) bond motifs is 1. The molecule has 0 aliphatic rings. The quantitative estimate of drug-likeness (QED) is 0.824. The Morgan fingerprint density at radius 1 is 1.47 bits per heavy atom. The number of hydrogen-bond donors (Lipinski definition) is 1. The van der Waals surface area contributed by atoms with Crippen LogP contribution in [0.2, 0.25) is 5.02 Å². The number of pyridine rings is 1. The number of carbonyl (C=O) groups excluding carboxylic acids is 1. The highest BCUT2D eigenvalue weighted by molar-refractivity contribution is 6.35. The number of aromatic nitrogens is 1. The number of terminal acetylenes is 1. The second-order valence-electron chi connectivity index (χ2n) is 3.39. The van der Waals surface area contributed by atoms with Crippen molar-refractivity contribution in [3.63, 3.8) is 0 Å². The molecule has 1 aromatic carbocycles. The van der Waals surface area contributed by atoms with Crippen molar-refractivity contribution >= 4 is 28.4 Å². The molecule has 2 aromatic rings. The number of rotatable bonds is 2. The molecule has 1 amide bonds. The SMILES string of the molecule is C#CCNC(=O)c1cc(Cl)c2ccccc2n1. The zero-order valence-electron chi connectivity index (χ0n) is 8.90. The summed E-state index contributed by atoms with van der Waals surface area (Å²) in [7, 11) is 0. The van der Waals surface area contributed by atoms with Crippen LogP contribution in [0.3, 0.4) is 0 Å². The van der Waals surface area contributed by atoms with E-state index in [-0.39, 0.29) is 18.1 Å². The minimum atomic E-state index is -0.324. The molecule has 0 fully saturated rings. The number of amides is 1. The smallest absolute Gasteiger partial charge is 0.270 e. The van der Waals surface area contributed by atoms with Gasteiger partial charge in [-0.1, -0.05) is 35.7 Å². The van der Waals surface area contributed by atoms with E-state index < -0.39 is 0 Å². The number of nitrogens with zero attached hydrogens (tertiary/aromatic N) is 1. The van der Waals surface area contributed by atoms with E-state index in [1.165, 1.54) is 6.07 Å². The molecule has 17 heavy (non-hydrogen) atoms. The molecule has 2 rings (SSSR count). The number of para-hydroxylation sites is 1. The Kier molecular flexibility index (Phi) is 3.27. The monoisotopic (exact) mass is 244 g/mol. The summed E-state index contributed by atoms with van der Waals surface area (Å²) in [6.07, 6.45) is 5.06. The van der Waals surface area contributed by atoms with E-state index in [1.807, 2.05) is 18.2 Å². The molecule has 1 N–H and O–H groups in total. The van der Waals surface area contributed by atoms with Crippen molar-refractivity contribution in [2.24, 2.45) is 0 Å². The highest BCUT2D eigenvalue weighted by Crippen LogP contribution is 2.22. The number of carbonyl (C=O) groups is 1. The van der Waals surface area contributed by atoms with E-state index >= 15 is 0 Å². The van der Waals surface area contributed by atoms with E-state index in [0.29, 0.717) is 10.5 Å². The fourth-order valence-electron chi connectivity index (χ4n) is 1.47. The van der Waals surface area contributed by atoms with Gasteiger partial charge in [0.05, 0.1) is 17.1 Å². The predicted molar refractivity (Wildman–Crippen MR) is 67.9 cm³/mol. The van der Waals surface area contributed by atoms with Gasteiger partial charge in [-0.2, -0.15) is 0 Å². The van der Waals surface area contributed by atoms with Crippen LogP contribution >= 0.6 is 11.6 Å². The molecular formula is C13H9ClN2O. The standard InChI is InChI=1S/C13H9ClN2O/c1-2-7-15-13(17)12-8-10(14)9-5-3-4-6-11(9)16-12/h1,3-6,8H,7H2,(H,15,17). The lowest BCUT2D eigenvalue weighted by Crippen LogP contribution is -2.24. The average molecular weight is 245 g/mol. The number of nitrogens with one attached hydrogen (secondary N) is 1. The van der Waals surface area contributed by atoms with Crippen molar-refractivity contribution in [2.75, 3.05) is 6.54 Å². The molecule has 84 valence electrons. The van der Waals surface area contributed by atoms with Gasteiger partial charge in [0.2, 0.25) is 0 Å². The maximum absolute atomic E-state index is 11.7. The first-order valence-corrected chi connectivity index (χ1v) is 5.37. The third-order valence-corrected chi connectivity index (χ3v) is 2.56. The van der Waals surface area contributed by atoms with Crippen molar-refractivity contribution in [3.8, 4) is 12.3 Å². The first kappa shape index (κ1) is 11.4. The van der Waals surface area contributed by atoms with Crippen molar-refractivity contribution in [2.45, 2.75) is 0 Å². The Labute approximate surface area is 104 Å². The molecular weight excluding hydrogens is 236 g/mol. The van der Waals surface area contributed by atoms with Crippen LogP contribution in [0, 0.1) is 12.3 Å². The maximum Gasteiger partial charge on any atom is 0.270 e. The van der Waals surface area contributed by atoms with Gasteiger partial charge >= 0.3 is 0 Å². The molecule has 0 radical (unpaired) electrons. The number of halogens is 1. The molecule has 4 heteroatoms. The third-order valence-electron chi connectivity index (χ3n) is 2.25. The van der Waals surface area contributed by atoms with Crippen LogP contribution in [0.15, 0.2) is 30.3 Å². The van der Waals surface area contributed by atoms with Crippen molar-refractivity contribution < 1.29 is 4.79 Å². The first-order chi connectivity index (χ1) is 8.22. The second-order valence-corrected chi connectivity index (χ2v) is 3.80. The van der Waals surface area contributed by atoms with Crippen LogP contribution in [-0.4, -0.2) is 17.4 Å². The van der Waals surface area contributed by atoms with Gasteiger partial charge in [-0.05, 0) is 12.1 Å². The molecule has 0 saturated carbocycles. The molecule has 0 spiro atoms. The second kappa shape index (κ2) is 4.86. The maximum atomic E-state index is 11.7. The van der Waals surface area contributed by atoms with E-state index in [9.17, 15) is 4.79 Å². The Morgan fingerprint density at radius 2 is 2.24 bits per heavy atom. The van der Waals surface area contributed by atoms with Crippen LogP contribution in [0.1, 0.15) is 10.5 Å². The molecule has 0 atom stereocenters. The predicted octanol–water partition coefficient (Wildman–Crippen LogP) is 2.25. The molecule has 0 aliphatic heterocycles. The van der Waals surface area contributed by atoms with Crippen LogP contribution in [0.4, 0.5) is 0 Å². The molecule has 3 nitrogen and oxygen atoms in total. The summed E-state index contributed by atoms with van der Waals surface area (Å²) in [6.45, 7) is 0.172. The Bertz CT molecular complexity index is 616. The van der Waals surface area contributed by atoms with E-state index in [2.05, 4.69) is 16.2 Å². The zero-order chi connectivity index (χ0) is 12.3. The molecule has 0 bridgehead atoms. The fraction of sp³-hybridized carbons (Fsp3) is 0.0769.